The number of aryl methyl sites for hydroxylation is 1. The minimum absolute atomic E-state index is 0.293. The molecule has 0 radical (unpaired) electrons. The number of ether oxygens (including phenoxy) is 2. The maximum Gasteiger partial charge on any atom is 0.222 e. The van der Waals surface area contributed by atoms with Crippen molar-refractivity contribution < 1.29 is 14.6 Å². The predicted molar refractivity (Wildman–Crippen MR) is 126 cm³/mol. The van der Waals surface area contributed by atoms with Crippen LogP contribution in [-0.2, 0) is 18.3 Å². The van der Waals surface area contributed by atoms with Crippen molar-refractivity contribution >= 4 is 0 Å². The summed E-state index contributed by atoms with van der Waals surface area (Å²) in [4.78, 5) is 2.32. The van der Waals surface area contributed by atoms with Crippen LogP contribution in [0.15, 0.2) is 73.3 Å². The molecule has 1 aliphatic rings. The van der Waals surface area contributed by atoms with Gasteiger partial charge in [0.25, 0.3) is 0 Å². The first kappa shape index (κ1) is 22.3. The van der Waals surface area contributed by atoms with Crippen molar-refractivity contribution in [3.05, 3.63) is 78.9 Å². The second kappa shape index (κ2) is 10.6. The average Bonchev–Trinajstić information content (AvgIpc) is 3.62. The number of aromatic nitrogens is 2. The molecular weight excluding hydrogens is 402 g/mol. The average molecular weight is 434 g/mol. The molecule has 0 bridgehead atoms. The predicted octanol–water partition coefficient (Wildman–Crippen LogP) is 4.41. The molecule has 0 amide bonds. The van der Waals surface area contributed by atoms with Crippen LogP contribution < -0.4 is 4.74 Å². The van der Waals surface area contributed by atoms with Gasteiger partial charge in [-0.25, -0.2) is 4.68 Å². The van der Waals surface area contributed by atoms with Crippen molar-refractivity contribution in [1.82, 2.24) is 14.7 Å². The fraction of sp³-hybridized carbons (Fsp3) is 0.346. The molecule has 168 valence electrons. The summed E-state index contributed by atoms with van der Waals surface area (Å²) in [5.41, 5.74) is 2.97. The van der Waals surface area contributed by atoms with Crippen molar-refractivity contribution in [3.8, 4) is 22.9 Å². The lowest BCUT2D eigenvalue weighted by Crippen LogP contribution is -2.36. The van der Waals surface area contributed by atoms with Crippen molar-refractivity contribution in [2.45, 2.75) is 31.5 Å². The van der Waals surface area contributed by atoms with Gasteiger partial charge in [0.2, 0.25) is 5.88 Å². The highest BCUT2D eigenvalue weighted by atomic mass is 16.5. The maximum atomic E-state index is 10.5. The van der Waals surface area contributed by atoms with Crippen molar-refractivity contribution in [2.75, 3.05) is 19.8 Å². The van der Waals surface area contributed by atoms with Crippen LogP contribution in [0.25, 0.3) is 11.3 Å². The fourth-order valence-electron chi connectivity index (χ4n) is 3.85. The highest BCUT2D eigenvalue weighted by Gasteiger charge is 2.33. The summed E-state index contributed by atoms with van der Waals surface area (Å²) in [6.45, 7) is 5.57. The molecule has 4 rings (SSSR count). The quantitative estimate of drug-likeness (QED) is 0.339. The Morgan fingerprint density at radius 1 is 1.16 bits per heavy atom. The molecule has 1 aliphatic carbocycles. The molecule has 1 fully saturated rings. The standard InChI is InChI=1S/C26H31N3O3/c1-3-16-31-19-22(30)17-29(21-14-15-21)18-24-25(20-10-6-4-7-11-20)27-28(2)26(24)32-23-12-8-5-9-13-23/h3-13,21-22,30H,1,14-19H2,2H3/t22-/m0/s1. The van der Waals surface area contributed by atoms with E-state index >= 15 is 0 Å². The molecule has 0 aliphatic heterocycles. The Balaban J connectivity index is 1.63. The summed E-state index contributed by atoms with van der Waals surface area (Å²) in [6, 6.07) is 20.4. The van der Waals surface area contributed by atoms with Crippen LogP contribution in [0.3, 0.4) is 0 Å². The Bertz CT molecular complexity index is 1000. The molecule has 1 aromatic heterocycles. The van der Waals surface area contributed by atoms with Gasteiger partial charge in [-0.3, -0.25) is 4.90 Å². The van der Waals surface area contributed by atoms with Crippen LogP contribution in [0, 0.1) is 0 Å². The van der Waals surface area contributed by atoms with E-state index in [4.69, 9.17) is 14.6 Å². The lowest BCUT2D eigenvalue weighted by molar-refractivity contribution is 0.0227. The van der Waals surface area contributed by atoms with Gasteiger partial charge in [0, 0.05) is 31.7 Å². The first-order chi connectivity index (χ1) is 15.7. The van der Waals surface area contributed by atoms with Crippen LogP contribution in [-0.4, -0.2) is 51.7 Å². The minimum atomic E-state index is -0.564. The number of hydrogen-bond donors (Lipinski definition) is 1. The van der Waals surface area contributed by atoms with E-state index in [0.29, 0.717) is 32.3 Å². The number of para-hydroxylation sites is 1. The zero-order valence-electron chi connectivity index (χ0n) is 18.6. The van der Waals surface area contributed by atoms with E-state index in [-0.39, 0.29) is 0 Å². The third-order valence-corrected chi connectivity index (χ3v) is 5.51. The van der Waals surface area contributed by atoms with Crippen LogP contribution in [0.5, 0.6) is 11.6 Å². The molecule has 0 saturated heterocycles. The van der Waals surface area contributed by atoms with Gasteiger partial charge in [0.05, 0.1) is 24.9 Å². The Hall–Kier alpha value is -2.93. The smallest absolute Gasteiger partial charge is 0.222 e. The summed E-state index contributed by atoms with van der Waals surface area (Å²) in [6.07, 6.45) is 3.40. The zero-order valence-corrected chi connectivity index (χ0v) is 18.6. The highest BCUT2D eigenvalue weighted by molar-refractivity contribution is 5.65. The molecule has 1 heterocycles. The zero-order chi connectivity index (χ0) is 22.3. The number of benzene rings is 2. The number of rotatable bonds is 12. The summed E-state index contributed by atoms with van der Waals surface area (Å²) in [5, 5.41) is 15.4. The Labute approximate surface area is 189 Å². The molecular formula is C26H31N3O3. The fourth-order valence-corrected chi connectivity index (χ4v) is 3.85. The Morgan fingerprint density at radius 2 is 1.84 bits per heavy atom. The van der Waals surface area contributed by atoms with Gasteiger partial charge in [-0.15, -0.1) is 6.58 Å². The Morgan fingerprint density at radius 3 is 2.50 bits per heavy atom. The van der Waals surface area contributed by atoms with Gasteiger partial charge >= 0.3 is 0 Å². The minimum Gasteiger partial charge on any atom is -0.439 e. The summed E-state index contributed by atoms with van der Waals surface area (Å²) in [5.74, 6) is 1.49. The number of aliphatic hydroxyl groups is 1. The van der Waals surface area contributed by atoms with Crippen LogP contribution in [0.4, 0.5) is 0 Å². The lowest BCUT2D eigenvalue weighted by Gasteiger charge is -2.25. The lowest BCUT2D eigenvalue weighted by atomic mass is 10.1. The molecule has 0 spiro atoms. The second-order valence-electron chi connectivity index (χ2n) is 8.18. The monoisotopic (exact) mass is 433 g/mol. The summed E-state index contributed by atoms with van der Waals surface area (Å²) >= 11 is 0. The van der Waals surface area contributed by atoms with Crippen molar-refractivity contribution in [3.63, 3.8) is 0 Å². The van der Waals surface area contributed by atoms with Gasteiger partial charge in [0.15, 0.2) is 0 Å². The molecule has 0 unspecified atom stereocenters. The van der Waals surface area contributed by atoms with Crippen molar-refractivity contribution in [1.29, 1.82) is 0 Å². The second-order valence-corrected chi connectivity index (χ2v) is 8.18. The van der Waals surface area contributed by atoms with Gasteiger partial charge < -0.3 is 14.6 Å². The largest absolute Gasteiger partial charge is 0.439 e. The van der Waals surface area contributed by atoms with Gasteiger partial charge in [-0.05, 0) is 25.0 Å². The van der Waals surface area contributed by atoms with Crippen LogP contribution in [0.1, 0.15) is 18.4 Å². The molecule has 2 aromatic carbocycles. The molecule has 3 aromatic rings. The molecule has 32 heavy (non-hydrogen) atoms. The maximum absolute atomic E-state index is 10.5. The molecule has 1 N–H and O–H groups in total. The van der Waals surface area contributed by atoms with Gasteiger partial charge in [-0.1, -0.05) is 54.6 Å². The molecule has 6 heteroatoms. The molecule has 1 atom stereocenters. The van der Waals surface area contributed by atoms with E-state index in [1.165, 1.54) is 0 Å². The number of hydrogen-bond acceptors (Lipinski definition) is 5. The molecule has 6 nitrogen and oxygen atoms in total. The van der Waals surface area contributed by atoms with E-state index in [2.05, 4.69) is 23.6 Å². The van der Waals surface area contributed by atoms with E-state index < -0.39 is 6.10 Å². The highest BCUT2D eigenvalue weighted by Crippen LogP contribution is 2.37. The van der Waals surface area contributed by atoms with Gasteiger partial charge in [0.1, 0.15) is 11.4 Å². The van der Waals surface area contributed by atoms with Crippen LogP contribution in [0.2, 0.25) is 0 Å². The topological polar surface area (TPSA) is 59.8 Å². The van der Waals surface area contributed by atoms with E-state index in [0.717, 1.165) is 41.3 Å². The normalized spacial score (nSPS) is 14.5. The van der Waals surface area contributed by atoms with E-state index in [1.54, 1.807) is 10.8 Å². The first-order valence-corrected chi connectivity index (χ1v) is 11.1. The Kier molecular flexibility index (Phi) is 7.37. The van der Waals surface area contributed by atoms with E-state index in [1.807, 2.05) is 55.6 Å². The van der Waals surface area contributed by atoms with Crippen LogP contribution >= 0.6 is 0 Å². The third kappa shape index (κ3) is 5.65. The van der Waals surface area contributed by atoms with Crippen molar-refractivity contribution in [2.24, 2.45) is 7.05 Å². The number of aliphatic hydroxyl groups excluding tert-OH is 1. The first-order valence-electron chi connectivity index (χ1n) is 11.1. The summed E-state index contributed by atoms with van der Waals surface area (Å²) in [7, 11) is 1.91. The molecule has 1 saturated carbocycles. The van der Waals surface area contributed by atoms with Gasteiger partial charge in [-0.2, -0.15) is 5.10 Å². The van der Waals surface area contributed by atoms with E-state index in [9.17, 15) is 5.11 Å². The third-order valence-electron chi connectivity index (χ3n) is 5.51. The SMILES string of the molecule is C=CCOC[C@@H](O)CN(Cc1c(-c2ccccc2)nn(C)c1Oc1ccccc1)C1CC1. The number of nitrogens with zero attached hydrogens (tertiary/aromatic N) is 3. The summed E-state index contributed by atoms with van der Waals surface area (Å²) < 4.78 is 13.6.